The van der Waals surface area contributed by atoms with Crippen LogP contribution in [0.25, 0.3) is 0 Å². The highest BCUT2D eigenvalue weighted by Gasteiger charge is 2.20. The highest BCUT2D eigenvalue weighted by atomic mass is 16.6. The first-order valence-electron chi connectivity index (χ1n) is 2.92. The highest BCUT2D eigenvalue weighted by Crippen LogP contribution is 1.96. The molecule has 4 heteroatoms. The van der Waals surface area contributed by atoms with Gasteiger partial charge in [0.15, 0.2) is 0 Å². The van der Waals surface area contributed by atoms with Gasteiger partial charge in [-0.3, -0.25) is 0 Å². The molecular formula is C5H10N2O2. The maximum atomic E-state index is 10.4. The van der Waals surface area contributed by atoms with Gasteiger partial charge in [-0.2, -0.15) is 0 Å². The number of ether oxygens (including phenoxy) is 1. The number of likely N-dealkylation sites (N-methyl/N-ethyl adjacent to an activating group) is 1. The first kappa shape index (κ1) is 6.35. The number of amides is 1. The van der Waals surface area contributed by atoms with Crippen molar-refractivity contribution in [3.8, 4) is 0 Å². The van der Waals surface area contributed by atoms with Gasteiger partial charge in [0.2, 0.25) is 0 Å². The number of rotatable bonds is 2. The summed E-state index contributed by atoms with van der Waals surface area (Å²) in [5.41, 5.74) is 0. The van der Waals surface area contributed by atoms with Gasteiger partial charge in [-0.25, -0.2) is 4.79 Å². The number of hydrogen-bond acceptors (Lipinski definition) is 3. The molecular weight excluding hydrogens is 120 g/mol. The van der Waals surface area contributed by atoms with Crippen molar-refractivity contribution in [2.24, 2.45) is 0 Å². The van der Waals surface area contributed by atoms with E-state index in [9.17, 15) is 4.79 Å². The molecule has 1 heterocycles. The molecule has 1 fully saturated rings. The van der Waals surface area contributed by atoms with E-state index in [2.05, 4.69) is 10.6 Å². The number of alkyl carbamates (subject to hydrolysis) is 1. The van der Waals surface area contributed by atoms with Crippen molar-refractivity contribution in [2.45, 2.75) is 6.10 Å². The summed E-state index contributed by atoms with van der Waals surface area (Å²) < 4.78 is 4.79. The molecule has 1 rings (SSSR count). The van der Waals surface area contributed by atoms with Crippen molar-refractivity contribution in [3.63, 3.8) is 0 Å². The Morgan fingerprint density at radius 2 is 2.78 bits per heavy atom. The quantitative estimate of drug-likeness (QED) is 0.520. The lowest BCUT2D eigenvalue weighted by Gasteiger charge is -2.03. The van der Waals surface area contributed by atoms with Gasteiger partial charge in [-0.15, -0.1) is 0 Å². The van der Waals surface area contributed by atoms with E-state index >= 15 is 0 Å². The van der Waals surface area contributed by atoms with Gasteiger partial charge in [0.25, 0.3) is 0 Å². The number of cyclic esters (lactones) is 1. The van der Waals surface area contributed by atoms with Crippen LogP contribution in [0.1, 0.15) is 0 Å². The Hall–Kier alpha value is -0.770. The molecule has 1 unspecified atom stereocenters. The van der Waals surface area contributed by atoms with Crippen molar-refractivity contribution in [3.05, 3.63) is 0 Å². The highest BCUT2D eigenvalue weighted by molar-refractivity contribution is 5.69. The van der Waals surface area contributed by atoms with Gasteiger partial charge in [-0.1, -0.05) is 0 Å². The summed E-state index contributed by atoms with van der Waals surface area (Å²) in [5.74, 6) is 0. The van der Waals surface area contributed by atoms with Crippen LogP contribution in [-0.4, -0.2) is 32.3 Å². The van der Waals surface area contributed by atoms with E-state index in [4.69, 9.17) is 4.74 Å². The predicted molar refractivity (Wildman–Crippen MR) is 32.2 cm³/mol. The minimum absolute atomic E-state index is 0.0162. The maximum Gasteiger partial charge on any atom is 0.407 e. The topological polar surface area (TPSA) is 50.4 Å². The molecule has 52 valence electrons. The van der Waals surface area contributed by atoms with Crippen LogP contribution in [-0.2, 0) is 4.74 Å². The van der Waals surface area contributed by atoms with Crippen LogP contribution in [0.5, 0.6) is 0 Å². The van der Waals surface area contributed by atoms with Crippen LogP contribution in [0.3, 0.4) is 0 Å². The van der Waals surface area contributed by atoms with E-state index in [-0.39, 0.29) is 12.2 Å². The van der Waals surface area contributed by atoms with Crippen LogP contribution < -0.4 is 10.6 Å². The third kappa shape index (κ3) is 1.57. The zero-order chi connectivity index (χ0) is 6.69. The van der Waals surface area contributed by atoms with Gasteiger partial charge in [0, 0.05) is 6.54 Å². The molecule has 0 aromatic carbocycles. The number of nitrogens with one attached hydrogen (secondary N) is 2. The SMILES string of the molecule is CNCC1CNC(=O)O1. The summed E-state index contributed by atoms with van der Waals surface area (Å²) in [4.78, 5) is 10.4. The van der Waals surface area contributed by atoms with Crippen molar-refractivity contribution < 1.29 is 9.53 Å². The predicted octanol–water partition coefficient (Wildman–Crippen LogP) is -0.686. The molecule has 0 radical (unpaired) electrons. The first-order valence-corrected chi connectivity index (χ1v) is 2.92. The van der Waals surface area contributed by atoms with Gasteiger partial charge in [0.05, 0.1) is 6.54 Å². The fourth-order valence-electron chi connectivity index (χ4n) is 0.773. The van der Waals surface area contributed by atoms with Gasteiger partial charge in [-0.05, 0) is 7.05 Å². The second-order valence-corrected chi connectivity index (χ2v) is 1.97. The van der Waals surface area contributed by atoms with E-state index in [1.165, 1.54) is 0 Å². The third-order valence-electron chi connectivity index (χ3n) is 1.18. The summed E-state index contributed by atoms with van der Waals surface area (Å²) in [7, 11) is 1.83. The van der Waals surface area contributed by atoms with Crippen LogP contribution in [0, 0.1) is 0 Å². The van der Waals surface area contributed by atoms with Crippen molar-refractivity contribution in [2.75, 3.05) is 20.1 Å². The molecule has 9 heavy (non-hydrogen) atoms. The van der Waals surface area contributed by atoms with Gasteiger partial charge in [0.1, 0.15) is 6.10 Å². The molecule has 2 N–H and O–H groups in total. The minimum atomic E-state index is -0.310. The molecule has 1 saturated heterocycles. The molecule has 4 nitrogen and oxygen atoms in total. The zero-order valence-electron chi connectivity index (χ0n) is 5.31. The van der Waals surface area contributed by atoms with Crippen molar-refractivity contribution in [1.29, 1.82) is 0 Å². The van der Waals surface area contributed by atoms with Gasteiger partial charge < -0.3 is 15.4 Å². The molecule has 1 aliphatic heterocycles. The summed E-state index contributed by atoms with van der Waals surface area (Å²) in [6, 6.07) is 0. The molecule has 1 aliphatic rings. The van der Waals surface area contributed by atoms with Gasteiger partial charge >= 0.3 is 6.09 Å². The van der Waals surface area contributed by atoms with E-state index in [0.717, 1.165) is 6.54 Å². The molecule has 0 aromatic rings. The molecule has 0 saturated carbocycles. The van der Waals surface area contributed by atoms with E-state index in [1.54, 1.807) is 0 Å². The molecule has 0 bridgehead atoms. The van der Waals surface area contributed by atoms with Crippen LogP contribution in [0.4, 0.5) is 4.79 Å². The number of hydrogen-bond donors (Lipinski definition) is 2. The number of carbonyl (C=O) groups excluding carboxylic acids is 1. The van der Waals surface area contributed by atoms with Crippen molar-refractivity contribution >= 4 is 6.09 Å². The lowest BCUT2D eigenvalue weighted by Crippen LogP contribution is -2.26. The Labute approximate surface area is 53.6 Å². The summed E-state index contributed by atoms with van der Waals surface area (Å²) in [6.45, 7) is 1.35. The fourth-order valence-corrected chi connectivity index (χ4v) is 0.773. The maximum absolute atomic E-state index is 10.4. The Kier molecular flexibility index (Phi) is 1.89. The summed E-state index contributed by atoms with van der Waals surface area (Å²) in [6.07, 6.45) is -0.294. The van der Waals surface area contributed by atoms with E-state index < -0.39 is 0 Å². The lowest BCUT2D eigenvalue weighted by molar-refractivity contribution is 0.140. The molecule has 0 spiro atoms. The smallest absolute Gasteiger partial charge is 0.407 e. The summed E-state index contributed by atoms with van der Waals surface area (Å²) in [5, 5.41) is 5.47. The average molecular weight is 130 g/mol. The molecule has 0 aromatic heterocycles. The standard InChI is InChI=1S/C5H10N2O2/c1-6-2-4-3-7-5(8)9-4/h4,6H,2-3H2,1H3,(H,7,8). The Balaban J connectivity index is 2.22. The molecule has 1 amide bonds. The third-order valence-corrected chi connectivity index (χ3v) is 1.18. The second-order valence-electron chi connectivity index (χ2n) is 1.97. The Bertz CT molecular complexity index is 116. The second kappa shape index (κ2) is 2.68. The van der Waals surface area contributed by atoms with Crippen LogP contribution in [0.2, 0.25) is 0 Å². The minimum Gasteiger partial charge on any atom is -0.443 e. The number of carbonyl (C=O) groups is 1. The molecule has 1 atom stereocenters. The largest absolute Gasteiger partial charge is 0.443 e. The lowest BCUT2D eigenvalue weighted by atomic mass is 10.4. The fraction of sp³-hybridized carbons (Fsp3) is 0.800. The Morgan fingerprint density at radius 1 is 2.00 bits per heavy atom. The average Bonchev–Trinajstić information content (AvgIpc) is 2.17. The summed E-state index contributed by atoms with van der Waals surface area (Å²) >= 11 is 0. The van der Waals surface area contributed by atoms with E-state index in [0.29, 0.717) is 6.54 Å². The van der Waals surface area contributed by atoms with Crippen molar-refractivity contribution in [1.82, 2.24) is 10.6 Å². The normalized spacial score (nSPS) is 25.4. The monoisotopic (exact) mass is 130 g/mol. The molecule has 0 aliphatic carbocycles. The zero-order valence-corrected chi connectivity index (χ0v) is 5.31. The Morgan fingerprint density at radius 3 is 3.22 bits per heavy atom. The first-order chi connectivity index (χ1) is 4.33. The van der Waals surface area contributed by atoms with Crippen LogP contribution in [0.15, 0.2) is 0 Å². The van der Waals surface area contributed by atoms with E-state index in [1.807, 2.05) is 7.05 Å². The van der Waals surface area contributed by atoms with Crippen LogP contribution >= 0.6 is 0 Å².